The van der Waals surface area contributed by atoms with Crippen molar-refractivity contribution in [3.05, 3.63) is 52.8 Å². The minimum Gasteiger partial charge on any atom is -0.465 e. The molecule has 6 nitrogen and oxygen atoms in total. The van der Waals surface area contributed by atoms with Gasteiger partial charge in [-0.25, -0.2) is 10.2 Å². The molecule has 0 saturated carbocycles. The van der Waals surface area contributed by atoms with Gasteiger partial charge in [-0.3, -0.25) is 4.79 Å². The molecule has 1 saturated heterocycles. The van der Waals surface area contributed by atoms with Gasteiger partial charge in [0.2, 0.25) is 5.91 Å². The van der Waals surface area contributed by atoms with Gasteiger partial charge in [0, 0.05) is 28.5 Å². The first-order chi connectivity index (χ1) is 13.8. The number of ether oxygens (including phenoxy) is 1. The lowest BCUT2D eigenvalue weighted by atomic mass is 10.1. The Kier molecular flexibility index (Phi) is 6.74. The Morgan fingerprint density at radius 3 is 2.66 bits per heavy atom. The number of hydrazone groups is 1. The molecule has 2 heterocycles. The zero-order valence-corrected chi connectivity index (χ0v) is 18.7. The number of amides is 1. The largest absolute Gasteiger partial charge is 0.465 e. The quantitative estimate of drug-likeness (QED) is 0.426. The van der Waals surface area contributed by atoms with Crippen molar-refractivity contribution in [2.45, 2.75) is 31.3 Å². The van der Waals surface area contributed by atoms with Crippen molar-refractivity contribution in [2.75, 3.05) is 18.6 Å². The van der Waals surface area contributed by atoms with E-state index in [1.54, 1.807) is 12.3 Å². The summed E-state index contributed by atoms with van der Waals surface area (Å²) in [6, 6.07) is 9.29. The lowest BCUT2D eigenvalue weighted by molar-refractivity contribution is -0.121. The number of carbonyl (C=O) groups is 2. The van der Waals surface area contributed by atoms with Crippen molar-refractivity contribution in [1.82, 2.24) is 9.99 Å². The van der Waals surface area contributed by atoms with Crippen LogP contribution in [-0.4, -0.2) is 45.4 Å². The highest BCUT2D eigenvalue weighted by molar-refractivity contribution is 8.21. The first-order valence-corrected chi connectivity index (χ1v) is 11.3. The van der Waals surface area contributed by atoms with E-state index in [-0.39, 0.29) is 16.0 Å². The highest BCUT2D eigenvalue weighted by Gasteiger charge is 2.32. The molecule has 0 radical (unpaired) electrons. The summed E-state index contributed by atoms with van der Waals surface area (Å²) in [7, 11) is 1.37. The molecule has 154 valence electrons. The second-order valence-corrected chi connectivity index (χ2v) is 10.4. The van der Waals surface area contributed by atoms with Gasteiger partial charge in [-0.15, -0.1) is 23.5 Å². The number of esters is 1. The molecule has 1 aliphatic rings. The molecule has 1 amide bonds. The molecule has 0 spiro atoms. The van der Waals surface area contributed by atoms with Gasteiger partial charge in [0.15, 0.2) is 0 Å². The average molecular weight is 432 g/mol. The Hall–Kier alpha value is -2.19. The average Bonchev–Trinajstić information content (AvgIpc) is 3.24. The van der Waals surface area contributed by atoms with Crippen LogP contribution in [0, 0.1) is 13.8 Å². The van der Waals surface area contributed by atoms with E-state index in [0.717, 1.165) is 34.1 Å². The Balaban J connectivity index is 1.77. The third-order valence-corrected chi connectivity index (χ3v) is 8.09. The van der Waals surface area contributed by atoms with Crippen molar-refractivity contribution in [3.63, 3.8) is 0 Å². The minimum absolute atomic E-state index is 0.0625. The molecule has 1 aromatic heterocycles. The van der Waals surface area contributed by atoms with E-state index in [0.29, 0.717) is 12.0 Å². The lowest BCUT2D eigenvalue weighted by Crippen LogP contribution is -2.26. The van der Waals surface area contributed by atoms with Gasteiger partial charge in [-0.2, -0.15) is 5.10 Å². The zero-order valence-electron chi connectivity index (χ0n) is 17.0. The van der Waals surface area contributed by atoms with E-state index < -0.39 is 0 Å². The van der Waals surface area contributed by atoms with E-state index in [1.807, 2.05) is 66.2 Å². The summed E-state index contributed by atoms with van der Waals surface area (Å²) in [5.74, 6) is 1.69. The summed E-state index contributed by atoms with van der Waals surface area (Å²) in [5.41, 5.74) is 6.63. The molecule has 0 aliphatic carbocycles. The normalized spacial score (nSPS) is 15.6. The standard InChI is InChI=1S/C21H25N3O3S2/c1-14-11-16(13-22-23-19(25)12-21(3)28-9-10-29-21)15(2)24(14)18-8-6-5-7-17(18)20(26)27-4/h5-8,11,13H,9-10,12H2,1-4H3,(H,23,25)/b22-13-. The van der Waals surface area contributed by atoms with Gasteiger partial charge in [0.1, 0.15) is 0 Å². The Labute approximate surface area is 179 Å². The molecule has 0 atom stereocenters. The fraction of sp³-hybridized carbons (Fsp3) is 0.381. The number of aryl methyl sites for hydroxylation is 1. The monoisotopic (exact) mass is 431 g/mol. The van der Waals surface area contributed by atoms with Gasteiger partial charge >= 0.3 is 5.97 Å². The van der Waals surface area contributed by atoms with Crippen molar-refractivity contribution < 1.29 is 14.3 Å². The third-order valence-electron chi connectivity index (χ3n) is 4.79. The van der Waals surface area contributed by atoms with E-state index in [9.17, 15) is 9.59 Å². The number of thioether (sulfide) groups is 2. The van der Waals surface area contributed by atoms with Crippen LogP contribution in [0.15, 0.2) is 35.4 Å². The fourth-order valence-corrected chi connectivity index (χ4v) is 6.23. The number of nitrogens with zero attached hydrogens (tertiary/aromatic N) is 2. The van der Waals surface area contributed by atoms with Crippen LogP contribution in [0.3, 0.4) is 0 Å². The second-order valence-electron chi connectivity index (χ2n) is 6.97. The molecule has 3 rings (SSSR count). The van der Waals surface area contributed by atoms with Crippen LogP contribution in [0.2, 0.25) is 0 Å². The second kappa shape index (κ2) is 9.09. The van der Waals surface area contributed by atoms with E-state index >= 15 is 0 Å². The number of rotatable bonds is 6. The molecule has 29 heavy (non-hydrogen) atoms. The Morgan fingerprint density at radius 1 is 1.28 bits per heavy atom. The highest BCUT2D eigenvalue weighted by Crippen LogP contribution is 2.45. The Bertz CT molecular complexity index is 947. The minimum atomic E-state index is -0.383. The lowest BCUT2D eigenvalue weighted by Gasteiger charge is -2.19. The predicted octanol–water partition coefficient (Wildman–Crippen LogP) is 3.92. The Morgan fingerprint density at radius 2 is 1.97 bits per heavy atom. The predicted molar refractivity (Wildman–Crippen MR) is 120 cm³/mol. The summed E-state index contributed by atoms with van der Waals surface area (Å²) >= 11 is 3.65. The number of hydrogen-bond donors (Lipinski definition) is 1. The van der Waals surface area contributed by atoms with E-state index in [2.05, 4.69) is 17.5 Å². The topological polar surface area (TPSA) is 72.7 Å². The SMILES string of the molecule is COC(=O)c1ccccc1-n1c(C)cc(/C=N\NC(=O)CC2(C)SCCS2)c1C. The van der Waals surface area contributed by atoms with E-state index in [4.69, 9.17) is 4.74 Å². The van der Waals surface area contributed by atoms with Crippen molar-refractivity contribution in [3.8, 4) is 5.69 Å². The number of nitrogens with one attached hydrogen (secondary N) is 1. The van der Waals surface area contributed by atoms with E-state index in [1.165, 1.54) is 7.11 Å². The summed E-state index contributed by atoms with van der Waals surface area (Å²) in [5, 5.41) is 4.15. The molecule has 1 N–H and O–H groups in total. The maximum absolute atomic E-state index is 12.2. The number of hydrogen-bond acceptors (Lipinski definition) is 6. The molecule has 1 aliphatic heterocycles. The van der Waals surface area contributed by atoms with Crippen LogP contribution in [0.25, 0.3) is 5.69 Å². The van der Waals surface area contributed by atoms with Crippen molar-refractivity contribution >= 4 is 41.6 Å². The summed E-state index contributed by atoms with van der Waals surface area (Å²) < 4.78 is 6.84. The smallest absolute Gasteiger partial charge is 0.339 e. The van der Waals surface area contributed by atoms with Gasteiger partial charge in [-0.05, 0) is 39.0 Å². The van der Waals surface area contributed by atoms with Crippen LogP contribution >= 0.6 is 23.5 Å². The summed E-state index contributed by atoms with van der Waals surface area (Å²) in [6.07, 6.45) is 2.08. The van der Waals surface area contributed by atoms with Crippen LogP contribution in [-0.2, 0) is 9.53 Å². The first kappa shape index (κ1) is 21.5. The van der Waals surface area contributed by atoms with Gasteiger partial charge in [-0.1, -0.05) is 12.1 Å². The molecular weight excluding hydrogens is 406 g/mol. The number of benzene rings is 1. The van der Waals surface area contributed by atoms with Crippen LogP contribution in [0.5, 0.6) is 0 Å². The molecule has 1 aromatic carbocycles. The molecule has 1 fully saturated rings. The fourth-order valence-electron chi connectivity index (χ4n) is 3.40. The number of carbonyl (C=O) groups excluding carboxylic acids is 2. The molecule has 0 unspecified atom stereocenters. The van der Waals surface area contributed by atoms with Gasteiger partial charge in [0.05, 0.1) is 35.1 Å². The summed E-state index contributed by atoms with van der Waals surface area (Å²) in [6.45, 7) is 6.02. The van der Waals surface area contributed by atoms with Crippen molar-refractivity contribution in [1.29, 1.82) is 0 Å². The molecule has 2 aromatic rings. The number of aromatic nitrogens is 1. The van der Waals surface area contributed by atoms with Gasteiger partial charge < -0.3 is 9.30 Å². The number of methoxy groups -OCH3 is 1. The maximum Gasteiger partial charge on any atom is 0.339 e. The van der Waals surface area contributed by atoms with Crippen LogP contribution in [0.1, 0.15) is 40.7 Å². The van der Waals surface area contributed by atoms with Crippen molar-refractivity contribution in [2.24, 2.45) is 5.10 Å². The summed E-state index contributed by atoms with van der Waals surface area (Å²) in [4.78, 5) is 24.4. The molecular formula is C21H25N3O3S2. The zero-order chi connectivity index (χ0) is 21.0. The maximum atomic E-state index is 12.2. The third kappa shape index (κ3) is 4.87. The number of para-hydroxylation sites is 1. The first-order valence-electron chi connectivity index (χ1n) is 9.31. The van der Waals surface area contributed by atoms with Crippen LogP contribution < -0.4 is 5.43 Å². The molecule has 8 heteroatoms. The molecule has 0 bridgehead atoms. The van der Waals surface area contributed by atoms with Gasteiger partial charge in [0.25, 0.3) is 0 Å². The van der Waals surface area contributed by atoms with Crippen LogP contribution in [0.4, 0.5) is 0 Å². The highest BCUT2D eigenvalue weighted by atomic mass is 32.2.